The normalized spacial score (nSPS) is 25.4. The van der Waals surface area contributed by atoms with Crippen LogP contribution in [0.25, 0.3) is 0 Å². The zero-order valence-corrected chi connectivity index (χ0v) is 12.6. The van der Waals surface area contributed by atoms with Crippen LogP contribution >= 0.6 is 0 Å². The molecule has 2 unspecified atom stereocenters. The van der Waals surface area contributed by atoms with Crippen LogP contribution in [0, 0.1) is 6.92 Å². The van der Waals surface area contributed by atoms with E-state index in [-0.39, 0.29) is 12.1 Å². The molecule has 0 saturated carbocycles. The molecule has 1 aliphatic heterocycles. The number of sulfonamides is 1. The van der Waals surface area contributed by atoms with Crippen molar-refractivity contribution in [1.29, 1.82) is 0 Å². The van der Waals surface area contributed by atoms with E-state index in [2.05, 4.69) is 0 Å². The molecule has 1 aromatic carbocycles. The van der Waals surface area contributed by atoms with Crippen molar-refractivity contribution in [2.75, 3.05) is 5.73 Å². The highest BCUT2D eigenvalue weighted by Gasteiger charge is 2.36. The average molecular weight is 282 g/mol. The highest BCUT2D eigenvalue weighted by atomic mass is 32.2. The van der Waals surface area contributed by atoms with Gasteiger partial charge in [0.15, 0.2) is 0 Å². The van der Waals surface area contributed by atoms with Crippen molar-refractivity contribution < 1.29 is 8.42 Å². The minimum Gasteiger partial charge on any atom is -0.399 e. The van der Waals surface area contributed by atoms with Gasteiger partial charge in [0.2, 0.25) is 10.0 Å². The molecule has 1 heterocycles. The summed E-state index contributed by atoms with van der Waals surface area (Å²) < 4.78 is 27.4. The van der Waals surface area contributed by atoms with Crippen molar-refractivity contribution in [2.45, 2.75) is 57.0 Å². The Morgan fingerprint density at radius 1 is 1.21 bits per heavy atom. The molecular formula is C14H22N2O2S. The lowest BCUT2D eigenvalue weighted by Gasteiger charge is -2.38. The molecule has 0 bridgehead atoms. The second-order valence-electron chi connectivity index (χ2n) is 5.49. The zero-order valence-electron chi connectivity index (χ0n) is 11.8. The van der Waals surface area contributed by atoms with Crippen LogP contribution < -0.4 is 5.73 Å². The summed E-state index contributed by atoms with van der Waals surface area (Å²) in [6.07, 6.45) is 2.93. The number of hydrogen-bond acceptors (Lipinski definition) is 3. The molecule has 2 rings (SSSR count). The van der Waals surface area contributed by atoms with Crippen LogP contribution in [-0.4, -0.2) is 24.8 Å². The smallest absolute Gasteiger partial charge is 0.243 e. The van der Waals surface area contributed by atoms with Gasteiger partial charge in [0.05, 0.1) is 4.90 Å². The van der Waals surface area contributed by atoms with E-state index in [9.17, 15) is 8.42 Å². The maximum Gasteiger partial charge on any atom is 0.243 e. The number of rotatable bonds is 2. The van der Waals surface area contributed by atoms with E-state index in [1.165, 1.54) is 0 Å². The summed E-state index contributed by atoms with van der Waals surface area (Å²) in [5, 5.41) is 0. The number of anilines is 1. The van der Waals surface area contributed by atoms with E-state index >= 15 is 0 Å². The van der Waals surface area contributed by atoms with Crippen molar-refractivity contribution >= 4 is 15.7 Å². The third kappa shape index (κ3) is 2.62. The first kappa shape index (κ1) is 14.3. The lowest BCUT2D eigenvalue weighted by Crippen LogP contribution is -2.47. The molecule has 0 amide bonds. The van der Waals surface area contributed by atoms with Crippen molar-refractivity contribution in [3.8, 4) is 0 Å². The quantitative estimate of drug-likeness (QED) is 0.848. The lowest BCUT2D eigenvalue weighted by atomic mass is 10.0. The summed E-state index contributed by atoms with van der Waals surface area (Å²) >= 11 is 0. The van der Waals surface area contributed by atoms with Crippen LogP contribution in [0.3, 0.4) is 0 Å². The van der Waals surface area contributed by atoms with Crippen molar-refractivity contribution in [3.63, 3.8) is 0 Å². The standard InChI is InChI=1S/C14H22N2O2S/c1-10-7-8-13(15)9-14(10)19(17,18)16-11(2)5-4-6-12(16)3/h7-9,11-12H,4-6,15H2,1-3H3. The number of piperidine rings is 1. The van der Waals surface area contributed by atoms with Gasteiger partial charge < -0.3 is 5.73 Å². The maximum absolute atomic E-state index is 12.9. The first-order valence-electron chi connectivity index (χ1n) is 6.73. The van der Waals surface area contributed by atoms with Gasteiger partial charge in [0.25, 0.3) is 0 Å². The van der Waals surface area contributed by atoms with Crippen LogP contribution in [-0.2, 0) is 10.0 Å². The molecule has 5 heteroatoms. The highest BCUT2D eigenvalue weighted by molar-refractivity contribution is 7.89. The third-order valence-corrected chi connectivity index (χ3v) is 6.15. The number of benzene rings is 1. The molecule has 106 valence electrons. The van der Waals surface area contributed by atoms with Crippen molar-refractivity contribution in [2.24, 2.45) is 0 Å². The van der Waals surface area contributed by atoms with E-state index in [0.29, 0.717) is 10.6 Å². The van der Waals surface area contributed by atoms with Gasteiger partial charge in [-0.05, 0) is 51.3 Å². The predicted molar refractivity (Wildman–Crippen MR) is 77.4 cm³/mol. The van der Waals surface area contributed by atoms with Crippen LogP contribution in [0.4, 0.5) is 5.69 Å². The van der Waals surface area contributed by atoms with Gasteiger partial charge in [0, 0.05) is 17.8 Å². The Bertz CT molecular complexity index is 559. The summed E-state index contributed by atoms with van der Waals surface area (Å²) in [5.74, 6) is 0. The second kappa shape index (κ2) is 5.13. The van der Waals surface area contributed by atoms with Gasteiger partial charge in [-0.2, -0.15) is 4.31 Å². The number of nitrogens with zero attached hydrogens (tertiary/aromatic N) is 1. The maximum atomic E-state index is 12.9. The largest absolute Gasteiger partial charge is 0.399 e. The number of nitrogens with two attached hydrogens (primary N) is 1. The Kier molecular flexibility index (Phi) is 3.87. The summed E-state index contributed by atoms with van der Waals surface area (Å²) in [4.78, 5) is 0.341. The topological polar surface area (TPSA) is 63.4 Å². The molecule has 0 aliphatic carbocycles. The Hall–Kier alpha value is -1.07. The minimum absolute atomic E-state index is 0.0505. The van der Waals surface area contributed by atoms with Gasteiger partial charge in [-0.3, -0.25) is 0 Å². The third-order valence-electron chi connectivity index (χ3n) is 3.88. The predicted octanol–water partition coefficient (Wildman–Crippen LogP) is 2.53. The van der Waals surface area contributed by atoms with Gasteiger partial charge >= 0.3 is 0 Å². The molecule has 1 fully saturated rings. The van der Waals surface area contributed by atoms with E-state index < -0.39 is 10.0 Å². The summed E-state index contributed by atoms with van der Waals surface area (Å²) in [7, 11) is -3.46. The summed E-state index contributed by atoms with van der Waals surface area (Å²) in [5.41, 5.74) is 6.98. The van der Waals surface area contributed by atoms with Crippen LogP contribution in [0.15, 0.2) is 23.1 Å². The van der Waals surface area contributed by atoms with Crippen LogP contribution in [0.1, 0.15) is 38.7 Å². The Balaban J connectivity index is 2.49. The van der Waals surface area contributed by atoms with Crippen LogP contribution in [0.2, 0.25) is 0 Å². The molecule has 1 aromatic rings. The monoisotopic (exact) mass is 282 g/mol. The first-order valence-corrected chi connectivity index (χ1v) is 8.17. The van der Waals surface area contributed by atoms with E-state index in [1.807, 2.05) is 20.8 Å². The molecule has 0 spiro atoms. The minimum atomic E-state index is -3.46. The number of aryl methyl sites for hydroxylation is 1. The summed E-state index contributed by atoms with van der Waals surface area (Å²) in [6, 6.07) is 5.17. The SMILES string of the molecule is Cc1ccc(N)cc1S(=O)(=O)N1C(C)CCCC1C. The molecule has 4 nitrogen and oxygen atoms in total. The van der Waals surface area contributed by atoms with Gasteiger partial charge in [-0.1, -0.05) is 12.5 Å². The molecule has 0 radical (unpaired) electrons. The van der Waals surface area contributed by atoms with Gasteiger partial charge in [0.1, 0.15) is 0 Å². The van der Waals surface area contributed by atoms with Gasteiger partial charge in [-0.15, -0.1) is 0 Å². The van der Waals surface area contributed by atoms with E-state index in [1.54, 1.807) is 22.5 Å². The Morgan fingerprint density at radius 3 is 2.37 bits per heavy atom. The van der Waals surface area contributed by atoms with E-state index in [4.69, 9.17) is 5.73 Å². The zero-order chi connectivity index (χ0) is 14.2. The molecule has 1 saturated heterocycles. The fourth-order valence-corrected chi connectivity index (χ4v) is 5.02. The summed E-state index contributed by atoms with van der Waals surface area (Å²) in [6.45, 7) is 5.77. The van der Waals surface area contributed by atoms with Crippen LogP contribution in [0.5, 0.6) is 0 Å². The van der Waals surface area contributed by atoms with Gasteiger partial charge in [-0.25, -0.2) is 8.42 Å². The Morgan fingerprint density at radius 2 is 1.79 bits per heavy atom. The number of nitrogen functional groups attached to an aromatic ring is 1. The number of hydrogen-bond donors (Lipinski definition) is 1. The fraction of sp³-hybridized carbons (Fsp3) is 0.571. The second-order valence-corrected chi connectivity index (χ2v) is 7.30. The molecular weight excluding hydrogens is 260 g/mol. The van der Waals surface area contributed by atoms with E-state index in [0.717, 1.165) is 24.8 Å². The first-order chi connectivity index (χ1) is 8.84. The molecule has 19 heavy (non-hydrogen) atoms. The van der Waals surface area contributed by atoms with Crippen molar-refractivity contribution in [3.05, 3.63) is 23.8 Å². The van der Waals surface area contributed by atoms with Crippen molar-refractivity contribution in [1.82, 2.24) is 4.31 Å². The molecule has 1 aliphatic rings. The molecule has 2 N–H and O–H groups in total. The molecule has 0 aromatic heterocycles. The highest BCUT2D eigenvalue weighted by Crippen LogP contribution is 2.31. The fourth-order valence-electron chi connectivity index (χ4n) is 2.88. The average Bonchev–Trinajstić information content (AvgIpc) is 2.31. The lowest BCUT2D eigenvalue weighted by molar-refractivity contribution is 0.204. The Labute approximate surface area is 115 Å². The molecule has 2 atom stereocenters.